The lowest BCUT2D eigenvalue weighted by Crippen LogP contribution is -2.40. The third-order valence-electron chi connectivity index (χ3n) is 4.36. The number of hydrogen-bond acceptors (Lipinski definition) is 4. The maximum absolute atomic E-state index is 4.82. The summed E-state index contributed by atoms with van der Waals surface area (Å²) in [6.07, 6.45) is 5.03. The van der Waals surface area contributed by atoms with E-state index in [-0.39, 0.29) is 0 Å². The molecule has 2 atom stereocenters. The predicted octanol–water partition coefficient (Wildman–Crippen LogP) is 3.02. The second-order valence-corrected chi connectivity index (χ2v) is 6.17. The van der Waals surface area contributed by atoms with Crippen molar-refractivity contribution in [3.8, 4) is 0 Å². The van der Waals surface area contributed by atoms with Crippen molar-refractivity contribution in [1.29, 1.82) is 0 Å². The summed E-state index contributed by atoms with van der Waals surface area (Å²) in [7, 11) is 1.94. The molecule has 2 fully saturated rings. The minimum atomic E-state index is 0.579. The van der Waals surface area contributed by atoms with Gasteiger partial charge >= 0.3 is 0 Å². The number of rotatable bonds is 3. The fourth-order valence-electron chi connectivity index (χ4n) is 3.00. The van der Waals surface area contributed by atoms with Crippen LogP contribution in [0.4, 0.5) is 11.6 Å². The smallest absolute Gasteiger partial charge is 0.136 e. The normalized spacial score (nSPS) is 27.4. The van der Waals surface area contributed by atoms with Crippen molar-refractivity contribution in [1.82, 2.24) is 9.97 Å². The summed E-state index contributed by atoms with van der Waals surface area (Å²) in [5.41, 5.74) is 0. The third kappa shape index (κ3) is 2.67. The first-order valence-electron chi connectivity index (χ1n) is 7.50. The van der Waals surface area contributed by atoms with Crippen molar-refractivity contribution in [3.63, 3.8) is 0 Å². The standard InChI is InChI=1S/C15H24N4/c1-10-6-7-19(11(2)8-10)14-9-13(16-3)17-15(18-14)12-4-5-12/h9-12H,4-8H2,1-3H3,(H,16,17,18). The lowest BCUT2D eigenvalue weighted by molar-refractivity contribution is 0.376. The van der Waals surface area contributed by atoms with Crippen LogP contribution in [0.15, 0.2) is 6.07 Å². The van der Waals surface area contributed by atoms with Crippen molar-refractivity contribution in [2.75, 3.05) is 23.8 Å². The van der Waals surface area contributed by atoms with E-state index in [1.807, 2.05) is 7.05 Å². The molecule has 1 saturated carbocycles. The zero-order valence-electron chi connectivity index (χ0n) is 12.2. The van der Waals surface area contributed by atoms with Crippen LogP contribution in [0.5, 0.6) is 0 Å². The molecule has 104 valence electrons. The maximum Gasteiger partial charge on any atom is 0.136 e. The van der Waals surface area contributed by atoms with Crippen LogP contribution in [0.3, 0.4) is 0 Å². The molecule has 2 heterocycles. The van der Waals surface area contributed by atoms with Crippen molar-refractivity contribution >= 4 is 11.6 Å². The van der Waals surface area contributed by atoms with Crippen molar-refractivity contribution in [2.24, 2.45) is 5.92 Å². The molecule has 0 amide bonds. The van der Waals surface area contributed by atoms with Gasteiger partial charge in [0.25, 0.3) is 0 Å². The van der Waals surface area contributed by atoms with E-state index in [0.29, 0.717) is 12.0 Å². The summed E-state index contributed by atoms with van der Waals surface area (Å²) >= 11 is 0. The van der Waals surface area contributed by atoms with Gasteiger partial charge < -0.3 is 10.2 Å². The Morgan fingerprint density at radius 1 is 1.21 bits per heavy atom. The summed E-state index contributed by atoms with van der Waals surface area (Å²) in [5.74, 6) is 4.54. The number of anilines is 2. The number of piperidine rings is 1. The van der Waals surface area contributed by atoms with Crippen molar-refractivity contribution < 1.29 is 0 Å². The highest BCUT2D eigenvalue weighted by Crippen LogP contribution is 2.39. The van der Waals surface area contributed by atoms with Gasteiger partial charge in [-0.1, -0.05) is 6.92 Å². The zero-order chi connectivity index (χ0) is 13.4. The van der Waals surface area contributed by atoms with Gasteiger partial charge in [-0.05, 0) is 38.5 Å². The van der Waals surface area contributed by atoms with E-state index in [0.717, 1.165) is 29.9 Å². The molecular weight excluding hydrogens is 236 g/mol. The Hall–Kier alpha value is -1.32. The highest BCUT2D eigenvalue weighted by molar-refractivity contribution is 5.50. The van der Waals surface area contributed by atoms with Gasteiger partial charge in [-0.15, -0.1) is 0 Å². The lowest BCUT2D eigenvalue weighted by atomic mass is 9.93. The summed E-state index contributed by atoms with van der Waals surface area (Å²) in [5, 5.41) is 3.18. The predicted molar refractivity (Wildman–Crippen MR) is 78.8 cm³/mol. The van der Waals surface area contributed by atoms with Crippen molar-refractivity contribution in [2.45, 2.75) is 51.5 Å². The van der Waals surface area contributed by atoms with E-state index in [4.69, 9.17) is 4.98 Å². The first-order valence-corrected chi connectivity index (χ1v) is 7.50. The molecule has 1 saturated heterocycles. The lowest BCUT2D eigenvalue weighted by Gasteiger charge is -2.37. The molecule has 3 rings (SSSR count). The first kappa shape index (κ1) is 12.7. The molecule has 1 aliphatic heterocycles. The summed E-state index contributed by atoms with van der Waals surface area (Å²) < 4.78 is 0. The van der Waals surface area contributed by atoms with Crippen molar-refractivity contribution in [3.05, 3.63) is 11.9 Å². The second kappa shape index (κ2) is 4.99. The van der Waals surface area contributed by atoms with Gasteiger partial charge in [-0.2, -0.15) is 0 Å². The minimum Gasteiger partial charge on any atom is -0.373 e. The van der Waals surface area contributed by atoms with Gasteiger partial charge in [0.05, 0.1) is 0 Å². The second-order valence-electron chi connectivity index (χ2n) is 6.17. The number of aromatic nitrogens is 2. The SMILES string of the molecule is CNc1cc(N2CCC(C)CC2C)nc(C2CC2)n1. The van der Waals surface area contributed by atoms with Crippen LogP contribution >= 0.6 is 0 Å². The number of nitrogens with one attached hydrogen (secondary N) is 1. The Kier molecular flexibility index (Phi) is 3.33. The van der Waals surface area contributed by atoms with E-state index in [1.165, 1.54) is 25.7 Å². The molecule has 1 N–H and O–H groups in total. The molecule has 0 aromatic carbocycles. The Morgan fingerprint density at radius 3 is 2.63 bits per heavy atom. The molecule has 2 unspecified atom stereocenters. The number of nitrogens with zero attached hydrogens (tertiary/aromatic N) is 3. The fraction of sp³-hybridized carbons (Fsp3) is 0.733. The van der Waals surface area contributed by atoms with Gasteiger partial charge in [0.2, 0.25) is 0 Å². The zero-order valence-corrected chi connectivity index (χ0v) is 12.2. The largest absolute Gasteiger partial charge is 0.373 e. The molecule has 1 aromatic rings. The topological polar surface area (TPSA) is 41.0 Å². The Labute approximate surface area is 115 Å². The van der Waals surface area contributed by atoms with Gasteiger partial charge in [-0.25, -0.2) is 9.97 Å². The Morgan fingerprint density at radius 2 is 2.00 bits per heavy atom. The van der Waals surface area contributed by atoms with E-state index in [2.05, 4.69) is 35.1 Å². The molecular formula is C15H24N4. The van der Waals surface area contributed by atoms with Crippen LogP contribution in [0.1, 0.15) is 51.3 Å². The van der Waals surface area contributed by atoms with Crippen LogP contribution in [-0.2, 0) is 0 Å². The van der Waals surface area contributed by atoms with E-state index < -0.39 is 0 Å². The van der Waals surface area contributed by atoms with Gasteiger partial charge in [0.1, 0.15) is 17.5 Å². The molecule has 4 heteroatoms. The minimum absolute atomic E-state index is 0.579. The van der Waals surface area contributed by atoms with Crippen LogP contribution < -0.4 is 10.2 Å². The highest BCUT2D eigenvalue weighted by Gasteiger charge is 2.29. The summed E-state index contributed by atoms with van der Waals surface area (Å²) in [6, 6.07) is 2.67. The molecule has 0 radical (unpaired) electrons. The average Bonchev–Trinajstić information content (AvgIpc) is 3.22. The molecule has 1 aliphatic carbocycles. The van der Waals surface area contributed by atoms with E-state index >= 15 is 0 Å². The van der Waals surface area contributed by atoms with Crippen LogP contribution in [0, 0.1) is 5.92 Å². The van der Waals surface area contributed by atoms with E-state index in [1.54, 1.807) is 0 Å². The Balaban J connectivity index is 1.88. The Bertz CT molecular complexity index is 455. The summed E-state index contributed by atoms with van der Waals surface area (Å²) in [6.45, 7) is 5.78. The molecule has 0 spiro atoms. The first-order chi connectivity index (χ1) is 9.17. The maximum atomic E-state index is 4.82. The molecule has 2 aliphatic rings. The quantitative estimate of drug-likeness (QED) is 0.907. The number of hydrogen-bond donors (Lipinski definition) is 1. The van der Waals surface area contributed by atoms with Gasteiger partial charge in [0.15, 0.2) is 0 Å². The molecule has 19 heavy (non-hydrogen) atoms. The molecule has 0 bridgehead atoms. The van der Waals surface area contributed by atoms with Gasteiger partial charge in [0, 0.05) is 31.6 Å². The molecule has 1 aromatic heterocycles. The van der Waals surface area contributed by atoms with Crippen LogP contribution in [0.25, 0.3) is 0 Å². The third-order valence-corrected chi connectivity index (χ3v) is 4.36. The van der Waals surface area contributed by atoms with Gasteiger partial charge in [-0.3, -0.25) is 0 Å². The monoisotopic (exact) mass is 260 g/mol. The highest BCUT2D eigenvalue weighted by atomic mass is 15.2. The van der Waals surface area contributed by atoms with Crippen LogP contribution in [0.2, 0.25) is 0 Å². The van der Waals surface area contributed by atoms with E-state index in [9.17, 15) is 0 Å². The average molecular weight is 260 g/mol. The molecule has 4 nitrogen and oxygen atoms in total. The fourth-order valence-corrected chi connectivity index (χ4v) is 3.00. The summed E-state index contributed by atoms with van der Waals surface area (Å²) in [4.78, 5) is 11.9. The van der Waals surface area contributed by atoms with Crippen LogP contribution in [-0.4, -0.2) is 29.6 Å².